The molecule has 1 aromatic rings. The van der Waals surface area contributed by atoms with Crippen LogP contribution >= 0.6 is 0 Å². The van der Waals surface area contributed by atoms with Gasteiger partial charge in [-0.05, 0) is 25.3 Å². The van der Waals surface area contributed by atoms with Gasteiger partial charge in [0.05, 0.1) is 12.8 Å². The molecule has 0 spiro atoms. The summed E-state index contributed by atoms with van der Waals surface area (Å²) in [4.78, 5) is 4.36. The molecule has 0 saturated carbocycles. The van der Waals surface area contributed by atoms with E-state index in [1.807, 2.05) is 18.2 Å². The second-order valence-corrected chi connectivity index (χ2v) is 4.58. The van der Waals surface area contributed by atoms with Crippen LogP contribution in [-0.4, -0.2) is 18.1 Å². The van der Waals surface area contributed by atoms with Gasteiger partial charge in [-0.15, -0.1) is 0 Å². The molecule has 1 unspecified atom stereocenters. The first-order valence-corrected chi connectivity index (χ1v) is 5.85. The van der Waals surface area contributed by atoms with Gasteiger partial charge < -0.3 is 10.1 Å². The molecule has 0 aliphatic rings. The van der Waals surface area contributed by atoms with Crippen molar-refractivity contribution in [3.05, 3.63) is 23.9 Å². The van der Waals surface area contributed by atoms with Gasteiger partial charge in [-0.25, -0.2) is 4.98 Å². The van der Waals surface area contributed by atoms with Crippen LogP contribution in [0, 0.1) is 5.92 Å². The average molecular weight is 222 g/mol. The lowest BCUT2D eigenvalue weighted by molar-refractivity contribution is 0.393. The molecule has 1 aromatic heterocycles. The maximum atomic E-state index is 5.09. The van der Waals surface area contributed by atoms with E-state index in [-0.39, 0.29) is 0 Å². The van der Waals surface area contributed by atoms with Crippen LogP contribution in [0.1, 0.15) is 32.9 Å². The predicted octanol–water partition coefficient (Wildman–Crippen LogP) is 2.61. The zero-order valence-corrected chi connectivity index (χ0v) is 10.7. The van der Waals surface area contributed by atoms with Crippen molar-refractivity contribution in [2.24, 2.45) is 5.92 Å². The maximum Gasteiger partial charge on any atom is 0.213 e. The second-order valence-electron chi connectivity index (χ2n) is 4.58. The van der Waals surface area contributed by atoms with E-state index in [2.05, 4.69) is 31.1 Å². The first-order chi connectivity index (χ1) is 7.61. The topological polar surface area (TPSA) is 34.1 Å². The minimum atomic E-state index is 0.521. The van der Waals surface area contributed by atoms with E-state index >= 15 is 0 Å². The van der Waals surface area contributed by atoms with Crippen molar-refractivity contribution in [1.82, 2.24) is 10.3 Å². The van der Waals surface area contributed by atoms with E-state index in [9.17, 15) is 0 Å². The minimum absolute atomic E-state index is 0.521. The monoisotopic (exact) mass is 222 g/mol. The average Bonchev–Trinajstić information content (AvgIpc) is 2.26. The van der Waals surface area contributed by atoms with Crippen LogP contribution in [0.25, 0.3) is 0 Å². The summed E-state index contributed by atoms with van der Waals surface area (Å²) < 4.78 is 5.09. The summed E-state index contributed by atoms with van der Waals surface area (Å²) in [5.41, 5.74) is 1.02. The van der Waals surface area contributed by atoms with Gasteiger partial charge in [-0.2, -0.15) is 0 Å². The number of nitrogens with zero attached hydrogens (tertiary/aromatic N) is 1. The van der Waals surface area contributed by atoms with Crippen LogP contribution in [0.15, 0.2) is 18.2 Å². The number of hydrogen-bond donors (Lipinski definition) is 1. The Morgan fingerprint density at radius 3 is 2.69 bits per heavy atom. The van der Waals surface area contributed by atoms with Crippen LogP contribution < -0.4 is 10.1 Å². The minimum Gasteiger partial charge on any atom is -0.481 e. The van der Waals surface area contributed by atoms with Crippen molar-refractivity contribution in [2.45, 2.75) is 39.8 Å². The van der Waals surface area contributed by atoms with Gasteiger partial charge in [0.1, 0.15) is 0 Å². The van der Waals surface area contributed by atoms with Gasteiger partial charge in [0.2, 0.25) is 5.88 Å². The molecule has 0 aromatic carbocycles. The van der Waals surface area contributed by atoms with Crippen LogP contribution in [0.4, 0.5) is 0 Å². The zero-order valence-electron chi connectivity index (χ0n) is 10.7. The third kappa shape index (κ3) is 4.62. The molecule has 16 heavy (non-hydrogen) atoms. The SMILES string of the molecule is COc1cccc(CNC(C)CC(C)C)n1. The Labute approximate surface area is 98.2 Å². The quantitative estimate of drug-likeness (QED) is 0.803. The molecule has 0 bridgehead atoms. The number of rotatable bonds is 6. The van der Waals surface area contributed by atoms with Gasteiger partial charge in [0, 0.05) is 18.7 Å². The zero-order chi connectivity index (χ0) is 12.0. The molecular formula is C13H22N2O. The van der Waals surface area contributed by atoms with E-state index in [1.165, 1.54) is 6.42 Å². The molecule has 0 aliphatic heterocycles. The summed E-state index contributed by atoms with van der Waals surface area (Å²) in [7, 11) is 1.64. The van der Waals surface area contributed by atoms with Crippen molar-refractivity contribution in [1.29, 1.82) is 0 Å². The van der Waals surface area contributed by atoms with Gasteiger partial charge in [-0.3, -0.25) is 0 Å². The number of aromatic nitrogens is 1. The highest BCUT2D eigenvalue weighted by molar-refractivity contribution is 5.15. The third-order valence-corrected chi connectivity index (χ3v) is 2.45. The lowest BCUT2D eigenvalue weighted by atomic mass is 10.1. The highest BCUT2D eigenvalue weighted by Crippen LogP contribution is 2.08. The van der Waals surface area contributed by atoms with E-state index in [4.69, 9.17) is 4.74 Å². The number of ether oxygens (including phenoxy) is 1. The Morgan fingerprint density at radius 1 is 1.31 bits per heavy atom. The van der Waals surface area contributed by atoms with Crippen LogP contribution in [0.5, 0.6) is 5.88 Å². The lowest BCUT2D eigenvalue weighted by Gasteiger charge is -2.15. The van der Waals surface area contributed by atoms with Crippen molar-refractivity contribution < 1.29 is 4.74 Å². The molecular weight excluding hydrogens is 200 g/mol. The molecule has 0 fully saturated rings. The summed E-state index contributed by atoms with van der Waals surface area (Å²) in [6, 6.07) is 6.36. The fourth-order valence-corrected chi connectivity index (χ4v) is 1.74. The van der Waals surface area contributed by atoms with Crippen LogP contribution in [0.2, 0.25) is 0 Å². The number of hydrogen-bond acceptors (Lipinski definition) is 3. The largest absolute Gasteiger partial charge is 0.481 e. The van der Waals surface area contributed by atoms with Crippen molar-refractivity contribution >= 4 is 0 Å². The summed E-state index contributed by atoms with van der Waals surface area (Å²) in [6.07, 6.45) is 1.18. The Bertz CT molecular complexity index is 313. The normalized spacial score (nSPS) is 12.8. The fraction of sp³-hybridized carbons (Fsp3) is 0.615. The maximum absolute atomic E-state index is 5.09. The Hall–Kier alpha value is -1.09. The number of methoxy groups -OCH3 is 1. The molecule has 1 rings (SSSR count). The molecule has 3 nitrogen and oxygen atoms in total. The summed E-state index contributed by atoms with van der Waals surface area (Å²) >= 11 is 0. The highest BCUT2D eigenvalue weighted by atomic mass is 16.5. The third-order valence-electron chi connectivity index (χ3n) is 2.45. The Balaban J connectivity index is 2.41. The molecule has 0 aliphatic carbocycles. The molecule has 0 saturated heterocycles. The Kier molecular flexibility index (Phi) is 5.26. The fourth-order valence-electron chi connectivity index (χ4n) is 1.74. The van der Waals surface area contributed by atoms with Crippen molar-refractivity contribution in [2.75, 3.05) is 7.11 Å². The van der Waals surface area contributed by atoms with Crippen molar-refractivity contribution in [3.8, 4) is 5.88 Å². The molecule has 90 valence electrons. The van der Waals surface area contributed by atoms with Crippen molar-refractivity contribution in [3.63, 3.8) is 0 Å². The number of nitrogens with one attached hydrogen (secondary N) is 1. The summed E-state index contributed by atoms with van der Waals surface area (Å²) in [6.45, 7) is 7.48. The molecule has 1 atom stereocenters. The van der Waals surface area contributed by atoms with Gasteiger partial charge >= 0.3 is 0 Å². The molecule has 1 heterocycles. The summed E-state index contributed by atoms with van der Waals surface area (Å²) in [5, 5.41) is 3.46. The van der Waals surface area contributed by atoms with Gasteiger partial charge in [0.25, 0.3) is 0 Å². The Morgan fingerprint density at radius 2 is 2.06 bits per heavy atom. The molecule has 0 amide bonds. The lowest BCUT2D eigenvalue weighted by Crippen LogP contribution is -2.27. The van der Waals surface area contributed by atoms with E-state index < -0.39 is 0 Å². The molecule has 0 radical (unpaired) electrons. The first-order valence-electron chi connectivity index (χ1n) is 5.85. The van der Waals surface area contributed by atoms with Gasteiger partial charge in [0.15, 0.2) is 0 Å². The predicted molar refractivity (Wildman–Crippen MR) is 66.5 cm³/mol. The van der Waals surface area contributed by atoms with Crippen LogP contribution in [-0.2, 0) is 6.54 Å². The van der Waals surface area contributed by atoms with Gasteiger partial charge in [-0.1, -0.05) is 19.9 Å². The van der Waals surface area contributed by atoms with E-state index in [0.29, 0.717) is 11.9 Å². The first kappa shape index (κ1) is 13.0. The molecule has 1 N–H and O–H groups in total. The van der Waals surface area contributed by atoms with Crippen LogP contribution in [0.3, 0.4) is 0 Å². The summed E-state index contributed by atoms with van der Waals surface area (Å²) in [5.74, 6) is 1.40. The smallest absolute Gasteiger partial charge is 0.213 e. The van der Waals surface area contributed by atoms with E-state index in [1.54, 1.807) is 7.11 Å². The second kappa shape index (κ2) is 6.48. The standard InChI is InChI=1S/C13H22N2O/c1-10(2)8-11(3)14-9-12-6-5-7-13(15-12)16-4/h5-7,10-11,14H,8-9H2,1-4H3. The molecule has 3 heteroatoms. The van der Waals surface area contributed by atoms with E-state index in [0.717, 1.165) is 18.2 Å². The highest BCUT2D eigenvalue weighted by Gasteiger charge is 2.05. The number of pyridine rings is 1.